The van der Waals surface area contributed by atoms with Gasteiger partial charge in [-0.15, -0.1) is 11.3 Å². The summed E-state index contributed by atoms with van der Waals surface area (Å²) in [5.41, 5.74) is 11.0. The van der Waals surface area contributed by atoms with Gasteiger partial charge in [-0.2, -0.15) is 0 Å². The molecule has 238 valence electrons. The van der Waals surface area contributed by atoms with Gasteiger partial charge in [0.05, 0.1) is 18.4 Å². The normalized spacial score (nSPS) is 12.2. The summed E-state index contributed by atoms with van der Waals surface area (Å²) in [7, 11) is 1.37. The van der Waals surface area contributed by atoms with Crippen LogP contribution in [-0.2, 0) is 32.0 Å². The Morgan fingerprint density at radius 2 is 1.54 bits per heavy atom. The topological polar surface area (TPSA) is 101 Å². The van der Waals surface area contributed by atoms with Crippen molar-refractivity contribution in [1.82, 2.24) is 4.57 Å². The SMILES string of the molecule is COC(=O)Cc1cc(C(=O)c2ccc3cc(-c4ccccc4)n(CCCCC(N)C(=O)OC(C)(C)C)c3c2)sc1-c1ccccc1. The molecule has 1 atom stereocenters. The molecule has 7 nitrogen and oxygen atoms in total. The molecular formula is C38H40N2O5S. The summed E-state index contributed by atoms with van der Waals surface area (Å²) in [5, 5.41) is 1.03. The number of fused-ring (bicyclic) bond motifs is 1. The number of ether oxygens (including phenoxy) is 2. The number of carbonyl (C=O) groups is 3. The second kappa shape index (κ2) is 14.3. The lowest BCUT2D eigenvalue weighted by Crippen LogP contribution is -2.37. The van der Waals surface area contributed by atoms with E-state index in [1.54, 1.807) is 0 Å². The number of carbonyl (C=O) groups excluding carboxylic acids is 3. The third-order valence-corrected chi connectivity index (χ3v) is 8.95. The van der Waals surface area contributed by atoms with Crippen molar-refractivity contribution in [2.75, 3.05) is 7.11 Å². The number of ketones is 1. The number of thiophene rings is 1. The van der Waals surface area contributed by atoms with Crippen molar-refractivity contribution < 1.29 is 23.9 Å². The van der Waals surface area contributed by atoms with E-state index < -0.39 is 11.6 Å². The lowest BCUT2D eigenvalue weighted by Gasteiger charge is -2.22. The zero-order valence-electron chi connectivity index (χ0n) is 26.7. The Labute approximate surface area is 274 Å². The zero-order valence-corrected chi connectivity index (χ0v) is 27.6. The molecule has 0 spiro atoms. The smallest absolute Gasteiger partial charge is 0.323 e. The standard InChI is InChI=1S/C38H40N2O5S/c1-38(2,3)45-37(43)30(39)17-11-12-20-40-31(25-13-7-5-8-14-25)21-27-18-19-28(22-32(27)40)35(42)33-23-29(24-34(41)44-4)36(46-33)26-15-9-6-10-16-26/h5-10,13-16,18-19,21-23,30H,11-12,17,20,24,39H2,1-4H3. The fourth-order valence-corrected chi connectivity index (χ4v) is 6.64. The highest BCUT2D eigenvalue weighted by atomic mass is 32.1. The number of methoxy groups -OCH3 is 1. The average molecular weight is 637 g/mol. The molecule has 5 aromatic rings. The predicted molar refractivity (Wildman–Crippen MR) is 184 cm³/mol. The predicted octanol–water partition coefficient (Wildman–Crippen LogP) is 7.82. The molecule has 2 heterocycles. The maximum absolute atomic E-state index is 14.0. The molecule has 46 heavy (non-hydrogen) atoms. The highest BCUT2D eigenvalue weighted by Crippen LogP contribution is 2.36. The van der Waals surface area contributed by atoms with E-state index in [9.17, 15) is 14.4 Å². The van der Waals surface area contributed by atoms with Crippen LogP contribution in [0.5, 0.6) is 0 Å². The third kappa shape index (κ3) is 7.81. The largest absolute Gasteiger partial charge is 0.469 e. The third-order valence-electron chi connectivity index (χ3n) is 7.72. The minimum absolute atomic E-state index is 0.0877. The maximum Gasteiger partial charge on any atom is 0.323 e. The van der Waals surface area contributed by atoms with Gasteiger partial charge in [0.15, 0.2) is 0 Å². The molecule has 0 amide bonds. The molecule has 0 saturated carbocycles. The first kappa shape index (κ1) is 32.9. The van der Waals surface area contributed by atoms with Crippen LogP contribution in [0.4, 0.5) is 0 Å². The van der Waals surface area contributed by atoms with Crippen LogP contribution >= 0.6 is 11.3 Å². The van der Waals surface area contributed by atoms with Crippen LogP contribution in [0.1, 0.15) is 60.8 Å². The van der Waals surface area contributed by atoms with Crippen LogP contribution in [0.2, 0.25) is 0 Å². The monoisotopic (exact) mass is 636 g/mol. The van der Waals surface area contributed by atoms with Crippen LogP contribution in [0.25, 0.3) is 32.6 Å². The van der Waals surface area contributed by atoms with Gasteiger partial charge in [0.1, 0.15) is 11.6 Å². The number of benzene rings is 3. The molecule has 0 radical (unpaired) electrons. The lowest BCUT2D eigenvalue weighted by atomic mass is 10.0. The van der Waals surface area contributed by atoms with Gasteiger partial charge in [-0.3, -0.25) is 14.4 Å². The molecule has 0 fully saturated rings. The number of aromatic nitrogens is 1. The minimum atomic E-state index is -0.672. The van der Waals surface area contributed by atoms with Gasteiger partial charge in [0, 0.05) is 33.6 Å². The first-order valence-corrected chi connectivity index (χ1v) is 16.3. The van der Waals surface area contributed by atoms with Crippen LogP contribution in [0.3, 0.4) is 0 Å². The van der Waals surface area contributed by atoms with Crippen molar-refractivity contribution in [2.24, 2.45) is 5.73 Å². The first-order chi connectivity index (χ1) is 22.0. The van der Waals surface area contributed by atoms with E-state index in [0.29, 0.717) is 23.4 Å². The van der Waals surface area contributed by atoms with Gasteiger partial charge < -0.3 is 19.8 Å². The molecule has 0 aliphatic rings. The maximum atomic E-state index is 14.0. The Kier molecular flexibility index (Phi) is 10.2. The highest BCUT2D eigenvalue weighted by Gasteiger charge is 2.23. The number of rotatable bonds is 12. The summed E-state index contributed by atoms with van der Waals surface area (Å²) in [4.78, 5) is 40.0. The van der Waals surface area contributed by atoms with Gasteiger partial charge in [-0.25, -0.2) is 0 Å². The lowest BCUT2D eigenvalue weighted by molar-refractivity contribution is -0.156. The van der Waals surface area contributed by atoms with Gasteiger partial charge >= 0.3 is 11.9 Å². The molecule has 3 aromatic carbocycles. The number of unbranched alkanes of at least 4 members (excludes halogenated alkanes) is 1. The number of hydrogen-bond acceptors (Lipinski definition) is 7. The number of aryl methyl sites for hydroxylation is 1. The van der Waals surface area contributed by atoms with Crippen molar-refractivity contribution in [3.05, 3.63) is 107 Å². The number of nitrogens with zero attached hydrogens (tertiary/aromatic N) is 1. The average Bonchev–Trinajstić information content (AvgIpc) is 3.63. The molecular weight excluding hydrogens is 596 g/mol. The Morgan fingerprint density at radius 3 is 2.20 bits per heavy atom. The van der Waals surface area contributed by atoms with Crippen molar-refractivity contribution in [1.29, 1.82) is 0 Å². The van der Waals surface area contributed by atoms with Crippen LogP contribution in [0.15, 0.2) is 91.0 Å². The van der Waals surface area contributed by atoms with E-state index in [1.807, 2.05) is 93.6 Å². The zero-order chi connectivity index (χ0) is 32.8. The fraction of sp³-hybridized carbons (Fsp3) is 0.289. The van der Waals surface area contributed by atoms with E-state index in [0.717, 1.165) is 51.0 Å². The minimum Gasteiger partial charge on any atom is -0.469 e. The van der Waals surface area contributed by atoms with Crippen molar-refractivity contribution in [3.63, 3.8) is 0 Å². The first-order valence-electron chi connectivity index (χ1n) is 15.5. The summed E-state index contributed by atoms with van der Waals surface area (Å²) < 4.78 is 12.6. The molecule has 0 aliphatic carbocycles. The molecule has 2 aromatic heterocycles. The van der Waals surface area contributed by atoms with E-state index in [-0.39, 0.29) is 24.1 Å². The summed E-state index contributed by atoms with van der Waals surface area (Å²) in [6, 6.07) is 29.1. The second-order valence-electron chi connectivity index (χ2n) is 12.4. The Morgan fingerprint density at radius 1 is 0.870 bits per heavy atom. The number of hydrogen-bond donors (Lipinski definition) is 1. The summed E-state index contributed by atoms with van der Waals surface area (Å²) in [6.07, 6.45) is 2.15. The Hall–Kier alpha value is -4.53. The van der Waals surface area contributed by atoms with E-state index >= 15 is 0 Å². The van der Waals surface area contributed by atoms with Crippen molar-refractivity contribution in [2.45, 2.75) is 64.6 Å². The van der Waals surface area contributed by atoms with E-state index in [4.69, 9.17) is 15.2 Å². The van der Waals surface area contributed by atoms with Crippen LogP contribution < -0.4 is 5.73 Å². The summed E-state index contributed by atoms with van der Waals surface area (Å²) in [6.45, 7) is 6.19. The summed E-state index contributed by atoms with van der Waals surface area (Å²) >= 11 is 1.39. The van der Waals surface area contributed by atoms with Crippen molar-refractivity contribution in [3.8, 4) is 21.7 Å². The molecule has 1 unspecified atom stereocenters. The molecule has 2 N–H and O–H groups in total. The van der Waals surface area contributed by atoms with Gasteiger partial charge in [-0.1, -0.05) is 72.8 Å². The molecule has 8 heteroatoms. The second-order valence-corrected chi connectivity index (χ2v) is 13.4. The van der Waals surface area contributed by atoms with Gasteiger partial charge in [0.2, 0.25) is 5.78 Å². The molecule has 0 saturated heterocycles. The molecule has 5 rings (SSSR count). The van der Waals surface area contributed by atoms with Crippen LogP contribution in [0, 0.1) is 0 Å². The van der Waals surface area contributed by atoms with Crippen LogP contribution in [-0.4, -0.2) is 41.0 Å². The van der Waals surface area contributed by atoms with Crippen molar-refractivity contribution >= 4 is 40.0 Å². The fourth-order valence-electron chi connectivity index (χ4n) is 5.49. The van der Waals surface area contributed by atoms with E-state index in [2.05, 4.69) is 22.8 Å². The number of nitrogens with two attached hydrogens (primary N) is 1. The quantitative estimate of drug-likeness (QED) is 0.0851. The highest BCUT2D eigenvalue weighted by molar-refractivity contribution is 7.17. The summed E-state index contributed by atoms with van der Waals surface area (Å²) in [5.74, 6) is -0.836. The van der Waals surface area contributed by atoms with Gasteiger partial charge in [-0.05, 0) is 74.9 Å². The molecule has 0 aliphatic heterocycles. The number of esters is 2. The molecule has 0 bridgehead atoms. The van der Waals surface area contributed by atoms with Gasteiger partial charge in [0.25, 0.3) is 0 Å². The Bertz CT molecular complexity index is 1830. The van der Waals surface area contributed by atoms with E-state index in [1.165, 1.54) is 18.4 Å². The Balaban J connectivity index is 1.44.